The molecule has 0 bridgehead atoms. The normalized spacial score (nSPS) is 11.7. The van der Waals surface area contributed by atoms with Gasteiger partial charge in [0.25, 0.3) is 0 Å². The maximum atomic E-state index is 11.0. The van der Waals surface area contributed by atoms with Crippen LogP contribution in [0.25, 0.3) is 0 Å². The molecule has 1 rings (SSSR count). The summed E-state index contributed by atoms with van der Waals surface area (Å²) in [6.07, 6.45) is 1.77. The van der Waals surface area contributed by atoms with Crippen LogP contribution < -0.4 is 0 Å². The van der Waals surface area contributed by atoms with Crippen LogP contribution in [-0.2, 0) is 0 Å². The third kappa shape index (κ3) is 5.10. The molecule has 1 aromatic carbocycles. The molecule has 0 fully saturated rings. The van der Waals surface area contributed by atoms with Gasteiger partial charge < -0.3 is 10.2 Å². The quantitative estimate of drug-likeness (QED) is 0.822. The number of rotatable bonds is 5. The summed E-state index contributed by atoms with van der Waals surface area (Å²) < 4.78 is 0.705. The van der Waals surface area contributed by atoms with E-state index in [1.54, 1.807) is 12.1 Å². The molecule has 0 aliphatic carbocycles. The van der Waals surface area contributed by atoms with Gasteiger partial charge in [0.2, 0.25) is 0 Å². The van der Waals surface area contributed by atoms with Crippen molar-refractivity contribution in [1.29, 1.82) is 0 Å². The zero-order valence-corrected chi connectivity index (χ0v) is 13.7. The number of carboxylic acids is 1. The molecule has 1 atom stereocenters. The standard InChI is InChI=1S/C12H15BrO3.Na/c1-2-3-4-11(14)9-6-5-8(13)7-10(9)12(15)16;/h5-7,11,14H,2-4H2,1H3,(H,15,16);. The molecule has 3 nitrogen and oxygen atoms in total. The molecule has 0 saturated carbocycles. The van der Waals surface area contributed by atoms with Gasteiger partial charge in [-0.1, -0.05) is 41.8 Å². The van der Waals surface area contributed by atoms with Crippen LogP contribution in [0.15, 0.2) is 22.7 Å². The van der Waals surface area contributed by atoms with Crippen LogP contribution in [0.3, 0.4) is 0 Å². The third-order valence-electron chi connectivity index (χ3n) is 2.44. The molecule has 0 amide bonds. The first-order valence-electron chi connectivity index (χ1n) is 5.27. The monoisotopic (exact) mass is 309 g/mol. The van der Waals surface area contributed by atoms with E-state index in [9.17, 15) is 9.90 Å². The van der Waals surface area contributed by atoms with Crippen molar-refractivity contribution >= 4 is 51.5 Å². The number of aromatic carboxylic acids is 1. The van der Waals surface area contributed by atoms with Crippen molar-refractivity contribution in [2.75, 3.05) is 0 Å². The van der Waals surface area contributed by atoms with Crippen molar-refractivity contribution in [3.63, 3.8) is 0 Å². The van der Waals surface area contributed by atoms with E-state index >= 15 is 0 Å². The van der Waals surface area contributed by atoms with Crippen LogP contribution in [-0.4, -0.2) is 45.7 Å². The average molecular weight is 310 g/mol. The first kappa shape index (κ1) is 17.1. The average Bonchev–Trinajstić information content (AvgIpc) is 2.25. The molecular formula is C12H15BrNaO3. The molecule has 2 N–H and O–H groups in total. The van der Waals surface area contributed by atoms with Gasteiger partial charge in [-0.25, -0.2) is 4.79 Å². The van der Waals surface area contributed by atoms with Gasteiger partial charge in [-0.3, -0.25) is 0 Å². The van der Waals surface area contributed by atoms with Crippen molar-refractivity contribution in [2.24, 2.45) is 0 Å². The molecule has 0 spiro atoms. The van der Waals surface area contributed by atoms with Crippen LogP contribution in [0, 0.1) is 0 Å². The van der Waals surface area contributed by atoms with E-state index < -0.39 is 12.1 Å². The van der Waals surface area contributed by atoms with Crippen LogP contribution in [0.2, 0.25) is 0 Å². The Morgan fingerprint density at radius 1 is 1.47 bits per heavy atom. The topological polar surface area (TPSA) is 57.5 Å². The van der Waals surface area contributed by atoms with E-state index in [4.69, 9.17) is 5.11 Å². The summed E-state index contributed by atoms with van der Waals surface area (Å²) in [5.74, 6) is -1.01. The molecule has 0 aliphatic heterocycles. The Morgan fingerprint density at radius 2 is 2.12 bits per heavy atom. The minimum atomic E-state index is -1.01. The second kappa shape index (κ2) is 8.27. The summed E-state index contributed by atoms with van der Waals surface area (Å²) >= 11 is 3.22. The Morgan fingerprint density at radius 3 is 2.65 bits per heavy atom. The summed E-state index contributed by atoms with van der Waals surface area (Å²) in [5.41, 5.74) is 0.655. The largest absolute Gasteiger partial charge is 0.478 e. The molecular weight excluding hydrogens is 295 g/mol. The maximum Gasteiger partial charge on any atom is 0.336 e. The van der Waals surface area contributed by atoms with Gasteiger partial charge in [0.05, 0.1) is 11.7 Å². The predicted molar refractivity (Wildman–Crippen MR) is 71.3 cm³/mol. The molecule has 1 aromatic rings. The second-order valence-corrected chi connectivity index (χ2v) is 4.61. The number of unbranched alkanes of at least 4 members (excludes halogenated alkanes) is 1. The SMILES string of the molecule is CCCCC(O)c1ccc(Br)cc1C(=O)O.[Na]. The van der Waals surface area contributed by atoms with Crippen molar-refractivity contribution in [3.8, 4) is 0 Å². The van der Waals surface area contributed by atoms with Crippen LogP contribution in [0.1, 0.15) is 48.2 Å². The Hall–Kier alpha value is 0.130. The Kier molecular flexibility index (Phi) is 8.33. The fourth-order valence-electron chi connectivity index (χ4n) is 1.56. The zero-order valence-electron chi connectivity index (χ0n) is 10.1. The Balaban J connectivity index is 0.00000256. The summed E-state index contributed by atoms with van der Waals surface area (Å²) in [6, 6.07) is 4.93. The van der Waals surface area contributed by atoms with Gasteiger partial charge in [0, 0.05) is 34.0 Å². The zero-order chi connectivity index (χ0) is 12.1. The second-order valence-electron chi connectivity index (χ2n) is 3.69. The van der Waals surface area contributed by atoms with E-state index in [1.165, 1.54) is 6.07 Å². The molecule has 89 valence electrons. The van der Waals surface area contributed by atoms with E-state index in [2.05, 4.69) is 15.9 Å². The molecule has 0 heterocycles. The summed E-state index contributed by atoms with van der Waals surface area (Å²) in [7, 11) is 0. The smallest absolute Gasteiger partial charge is 0.336 e. The van der Waals surface area contributed by atoms with Gasteiger partial charge in [-0.15, -0.1) is 0 Å². The molecule has 1 unspecified atom stereocenters. The first-order chi connectivity index (χ1) is 7.56. The van der Waals surface area contributed by atoms with E-state index in [-0.39, 0.29) is 35.1 Å². The fraction of sp³-hybridized carbons (Fsp3) is 0.417. The Bertz CT molecular complexity index is 382. The van der Waals surface area contributed by atoms with Gasteiger partial charge in [-0.2, -0.15) is 0 Å². The minimum absolute atomic E-state index is 0. The summed E-state index contributed by atoms with van der Waals surface area (Å²) in [4.78, 5) is 11.0. The van der Waals surface area contributed by atoms with E-state index in [0.29, 0.717) is 16.5 Å². The van der Waals surface area contributed by atoms with Crippen molar-refractivity contribution in [3.05, 3.63) is 33.8 Å². The number of benzene rings is 1. The number of aliphatic hydroxyl groups excluding tert-OH is 1. The van der Waals surface area contributed by atoms with Crippen LogP contribution >= 0.6 is 15.9 Å². The molecule has 0 saturated heterocycles. The molecule has 5 heteroatoms. The molecule has 0 aliphatic rings. The third-order valence-corrected chi connectivity index (χ3v) is 2.93. The van der Waals surface area contributed by atoms with Crippen molar-refractivity contribution in [2.45, 2.75) is 32.3 Å². The number of carbonyl (C=O) groups is 1. The van der Waals surface area contributed by atoms with E-state index in [1.807, 2.05) is 6.92 Å². The summed E-state index contributed by atoms with van der Waals surface area (Å²) in [6.45, 7) is 2.03. The van der Waals surface area contributed by atoms with Gasteiger partial charge in [-0.05, 0) is 24.1 Å². The van der Waals surface area contributed by atoms with Crippen molar-refractivity contribution < 1.29 is 15.0 Å². The molecule has 17 heavy (non-hydrogen) atoms. The number of carboxylic acid groups (broad SMARTS) is 1. The van der Waals surface area contributed by atoms with Gasteiger partial charge in [0.15, 0.2) is 0 Å². The molecule has 1 radical (unpaired) electrons. The maximum absolute atomic E-state index is 11.0. The summed E-state index contributed by atoms with van der Waals surface area (Å²) in [5, 5.41) is 18.9. The van der Waals surface area contributed by atoms with E-state index in [0.717, 1.165) is 12.8 Å². The van der Waals surface area contributed by atoms with Crippen LogP contribution in [0.4, 0.5) is 0 Å². The van der Waals surface area contributed by atoms with Crippen LogP contribution in [0.5, 0.6) is 0 Å². The minimum Gasteiger partial charge on any atom is -0.478 e. The number of halogens is 1. The number of hydrogen-bond donors (Lipinski definition) is 2. The fourth-order valence-corrected chi connectivity index (χ4v) is 1.92. The first-order valence-corrected chi connectivity index (χ1v) is 6.06. The molecule has 0 aromatic heterocycles. The number of aliphatic hydroxyl groups is 1. The Labute approximate surface area is 132 Å². The predicted octanol–water partition coefficient (Wildman–Crippen LogP) is 2.99. The van der Waals surface area contributed by atoms with Gasteiger partial charge in [0.1, 0.15) is 0 Å². The number of hydrogen-bond acceptors (Lipinski definition) is 2. The van der Waals surface area contributed by atoms with Gasteiger partial charge >= 0.3 is 5.97 Å². The van der Waals surface area contributed by atoms with Crippen molar-refractivity contribution in [1.82, 2.24) is 0 Å².